The minimum atomic E-state index is -1.09. The van der Waals surface area contributed by atoms with Gasteiger partial charge in [-0.2, -0.15) is 11.8 Å². The van der Waals surface area contributed by atoms with Gasteiger partial charge in [-0.15, -0.1) is 0 Å². The molecule has 0 atom stereocenters. The van der Waals surface area contributed by atoms with Crippen molar-refractivity contribution in [3.8, 4) is 0 Å². The van der Waals surface area contributed by atoms with Crippen LogP contribution in [0.15, 0.2) is 40.8 Å². The second-order valence-electron chi connectivity index (χ2n) is 5.28. The van der Waals surface area contributed by atoms with Crippen molar-refractivity contribution in [3.05, 3.63) is 59.0 Å². The standard InChI is InChI=1S/C17H15NO5S/c19-15-12-4-1-2-5-13(12)16(20)18(15)8-3-9-24-10-11-6-7-14(23-11)17(21)22/h1-2,4-7H,3,8-10H2,(H,21,22). The Balaban J connectivity index is 1.45. The molecule has 2 heterocycles. The van der Waals surface area contributed by atoms with E-state index in [2.05, 4.69) is 0 Å². The van der Waals surface area contributed by atoms with Crippen molar-refractivity contribution >= 4 is 29.5 Å². The van der Waals surface area contributed by atoms with Crippen molar-refractivity contribution in [1.29, 1.82) is 0 Å². The quantitative estimate of drug-likeness (QED) is 0.613. The average Bonchev–Trinajstić information content (AvgIpc) is 3.14. The summed E-state index contributed by atoms with van der Waals surface area (Å²) >= 11 is 1.57. The van der Waals surface area contributed by atoms with Gasteiger partial charge in [-0.05, 0) is 36.4 Å². The van der Waals surface area contributed by atoms with E-state index in [-0.39, 0.29) is 17.6 Å². The number of carbonyl (C=O) groups excluding carboxylic acids is 2. The number of hydrogen-bond acceptors (Lipinski definition) is 5. The van der Waals surface area contributed by atoms with Crippen LogP contribution in [0.3, 0.4) is 0 Å². The monoisotopic (exact) mass is 345 g/mol. The maximum Gasteiger partial charge on any atom is 0.371 e. The largest absolute Gasteiger partial charge is 0.475 e. The van der Waals surface area contributed by atoms with Gasteiger partial charge in [0.1, 0.15) is 5.76 Å². The summed E-state index contributed by atoms with van der Waals surface area (Å²) in [6.45, 7) is 0.373. The highest BCUT2D eigenvalue weighted by molar-refractivity contribution is 7.98. The molecule has 1 N–H and O–H groups in total. The third-order valence-corrected chi connectivity index (χ3v) is 4.73. The molecular weight excluding hydrogens is 330 g/mol. The van der Waals surface area contributed by atoms with Gasteiger partial charge in [-0.25, -0.2) is 4.79 Å². The molecular formula is C17H15NO5S. The Morgan fingerprint density at radius 1 is 1.08 bits per heavy atom. The second-order valence-corrected chi connectivity index (χ2v) is 6.39. The fourth-order valence-corrected chi connectivity index (χ4v) is 3.34. The van der Waals surface area contributed by atoms with Gasteiger partial charge in [0.05, 0.1) is 16.9 Å². The average molecular weight is 345 g/mol. The van der Waals surface area contributed by atoms with Crippen molar-refractivity contribution in [1.82, 2.24) is 4.90 Å². The van der Waals surface area contributed by atoms with Gasteiger partial charge in [0.2, 0.25) is 5.76 Å². The smallest absolute Gasteiger partial charge is 0.371 e. The Labute approximate surface area is 142 Å². The van der Waals surface area contributed by atoms with Crippen LogP contribution in [-0.2, 0) is 5.75 Å². The van der Waals surface area contributed by atoms with E-state index in [4.69, 9.17) is 9.52 Å². The molecule has 0 aliphatic carbocycles. The number of thioether (sulfide) groups is 1. The van der Waals surface area contributed by atoms with E-state index in [0.717, 1.165) is 5.75 Å². The highest BCUT2D eigenvalue weighted by Gasteiger charge is 2.34. The van der Waals surface area contributed by atoms with Crippen molar-refractivity contribution in [2.75, 3.05) is 12.3 Å². The third kappa shape index (κ3) is 3.21. The van der Waals surface area contributed by atoms with Crippen molar-refractivity contribution in [3.63, 3.8) is 0 Å². The van der Waals surface area contributed by atoms with Crippen molar-refractivity contribution in [2.24, 2.45) is 0 Å². The zero-order valence-electron chi connectivity index (χ0n) is 12.7. The molecule has 7 heteroatoms. The summed E-state index contributed by atoms with van der Waals surface area (Å²) in [6, 6.07) is 9.90. The molecule has 24 heavy (non-hydrogen) atoms. The van der Waals surface area contributed by atoms with Gasteiger partial charge in [0.25, 0.3) is 11.8 Å². The molecule has 1 aromatic carbocycles. The number of carboxylic acid groups (broad SMARTS) is 1. The Bertz CT molecular complexity index is 763. The fourth-order valence-electron chi connectivity index (χ4n) is 2.51. The van der Waals surface area contributed by atoms with Gasteiger partial charge >= 0.3 is 5.97 Å². The van der Waals surface area contributed by atoms with Crippen LogP contribution in [0.4, 0.5) is 0 Å². The number of amides is 2. The predicted molar refractivity (Wildman–Crippen MR) is 88.3 cm³/mol. The Hall–Kier alpha value is -2.54. The van der Waals surface area contributed by atoms with Gasteiger partial charge < -0.3 is 9.52 Å². The molecule has 0 spiro atoms. The zero-order chi connectivity index (χ0) is 17.1. The van der Waals surface area contributed by atoms with Crippen LogP contribution >= 0.6 is 11.8 Å². The van der Waals surface area contributed by atoms with E-state index in [1.165, 1.54) is 11.0 Å². The first-order chi connectivity index (χ1) is 11.6. The summed E-state index contributed by atoms with van der Waals surface area (Å²) in [7, 11) is 0. The van der Waals surface area contributed by atoms with E-state index in [0.29, 0.717) is 35.6 Å². The Kier molecular flexibility index (Phi) is 4.71. The number of hydrogen-bond donors (Lipinski definition) is 1. The summed E-state index contributed by atoms with van der Waals surface area (Å²) in [5.41, 5.74) is 0.930. The minimum Gasteiger partial charge on any atom is -0.475 e. The van der Waals surface area contributed by atoms with E-state index >= 15 is 0 Å². The first-order valence-electron chi connectivity index (χ1n) is 7.43. The summed E-state index contributed by atoms with van der Waals surface area (Å²) in [6.07, 6.45) is 0.669. The van der Waals surface area contributed by atoms with E-state index < -0.39 is 5.97 Å². The molecule has 0 radical (unpaired) electrons. The third-order valence-electron chi connectivity index (χ3n) is 3.67. The Morgan fingerprint density at radius 3 is 2.33 bits per heavy atom. The van der Waals surface area contributed by atoms with Gasteiger partial charge in [0.15, 0.2) is 0 Å². The number of aromatic carboxylic acids is 1. The van der Waals surface area contributed by atoms with Crippen LogP contribution in [0, 0.1) is 0 Å². The van der Waals surface area contributed by atoms with Crippen LogP contribution in [0.5, 0.6) is 0 Å². The van der Waals surface area contributed by atoms with Crippen LogP contribution in [0.1, 0.15) is 43.5 Å². The second kappa shape index (κ2) is 6.92. The number of carboxylic acids is 1. The molecule has 0 bridgehead atoms. The molecule has 124 valence electrons. The first-order valence-corrected chi connectivity index (χ1v) is 8.58. The van der Waals surface area contributed by atoms with Crippen LogP contribution in [-0.4, -0.2) is 40.1 Å². The minimum absolute atomic E-state index is 0.0726. The van der Waals surface area contributed by atoms with Crippen LogP contribution in [0.2, 0.25) is 0 Å². The molecule has 1 aliphatic heterocycles. The SMILES string of the molecule is O=C(O)c1ccc(CSCCCN2C(=O)c3ccccc3C2=O)o1. The van der Waals surface area contributed by atoms with Gasteiger partial charge in [0, 0.05) is 6.54 Å². The number of carbonyl (C=O) groups is 3. The zero-order valence-corrected chi connectivity index (χ0v) is 13.5. The Morgan fingerprint density at radius 2 is 1.75 bits per heavy atom. The highest BCUT2D eigenvalue weighted by Crippen LogP contribution is 2.23. The van der Waals surface area contributed by atoms with Gasteiger partial charge in [-0.1, -0.05) is 12.1 Å². The highest BCUT2D eigenvalue weighted by atomic mass is 32.2. The molecule has 0 saturated carbocycles. The molecule has 2 aromatic rings. The lowest BCUT2D eigenvalue weighted by Gasteiger charge is -2.13. The normalized spacial score (nSPS) is 13.4. The first kappa shape index (κ1) is 16.3. The lowest BCUT2D eigenvalue weighted by Crippen LogP contribution is -2.31. The van der Waals surface area contributed by atoms with E-state index in [1.54, 1.807) is 42.1 Å². The molecule has 3 rings (SSSR count). The maximum atomic E-state index is 12.2. The number of benzene rings is 1. The summed E-state index contributed by atoms with van der Waals surface area (Å²) < 4.78 is 5.16. The number of furan rings is 1. The lowest BCUT2D eigenvalue weighted by atomic mass is 10.1. The summed E-state index contributed by atoms with van der Waals surface area (Å²) in [4.78, 5) is 36.4. The van der Waals surface area contributed by atoms with E-state index in [1.807, 2.05) is 0 Å². The van der Waals surface area contributed by atoms with Crippen LogP contribution in [0.25, 0.3) is 0 Å². The van der Waals surface area contributed by atoms with E-state index in [9.17, 15) is 14.4 Å². The molecule has 1 aliphatic rings. The molecule has 2 amide bonds. The molecule has 0 saturated heterocycles. The van der Waals surface area contributed by atoms with Crippen molar-refractivity contribution in [2.45, 2.75) is 12.2 Å². The summed E-state index contributed by atoms with van der Waals surface area (Å²) in [5.74, 6) is 0.244. The number of imide groups is 1. The topological polar surface area (TPSA) is 87.8 Å². The predicted octanol–water partition coefficient (Wildman–Crippen LogP) is 2.90. The number of nitrogens with zero attached hydrogens (tertiary/aromatic N) is 1. The molecule has 1 aromatic heterocycles. The fraction of sp³-hybridized carbons (Fsp3) is 0.235. The van der Waals surface area contributed by atoms with Gasteiger partial charge in [-0.3, -0.25) is 14.5 Å². The maximum absolute atomic E-state index is 12.2. The number of rotatable bonds is 7. The molecule has 0 unspecified atom stereocenters. The molecule has 0 fully saturated rings. The lowest BCUT2D eigenvalue weighted by molar-refractivity contribution is 0.0645. The molecule has 6 nitrogen and oxygen atoms in total. The van der Waals surface area contributed by atoms with Crippen LogP contribution < -0.4 is 0 Å². The summed E-state index contributed by atoms with van der Waals surface area (Å²) in [5, 5.41) is 8.78. The number of fused-ring (bicyclic) bond motifs is 1. The van der Waals surface area contributed by atoms with Crippen molar-refractivity contribution < 1.29 is 23.9 Å².